The molecule has 1 aromatic heterocycles. The fourth-order valence-electron chi connectivity index (χ4n) is 1.97. The van der Waals surface area contributed by atoms with E-state index < -0.39 is 0 Å². The van der Waals surface area contributed by atoms with Crippen molar-refractivity contribution in [1.82, 2.24) is 10.2 Å². The van der Waals surface area contributed by atoms with E-state index in [-0.39, 0.29) is 5.54 Å². The van der Waals surface area contributed by atoms with Gasteiger partial charge in [-0.15, -0.1) is 11.3 Å². The van der Waals surface area contributed by atoms with Crippen molar-refractivity contribution in [2.45, 2.75) is 25.9 Å². The summed E-state index contributed by atoms with van der Waals surface area (Å²) in [5.74, 6) is 0. The first-order valence-electron chi connectivity index (χ1n) is 5.38. The molecule has 0 bridgehead atoms. The van der Waals surface area contributed by atoms with E-state index >= 15 is 0 Å². The van der Waals surface area contributed by atoms with E-state index in [0.29, 0.717) is 0 Å². The highest BCUT2D eigenvalue weighted by molar-refractivity contribution is 9.13. The normalized spacial score (nSPS) is 21.2. The summed E-state index contributed by atoms with van der Waals surface area (Å²) in [6.45, 7) is 8.94. The van der Waals surface area contributed by atoms with Crippen molar-refractivity contribution in [3.63, 3.8) is 0 Å². The Morgan fingerprint density at radius 1 is 1.50 bits per heavy atom. The van der Waals surface area contributed by atoms with Gasteiger partial charge in [0, 0.05) is 41.1 Å². The van der Waals surface area contributed by atoms with E-state index in [1.54, 1.807) is 0 Å². The minimum atomic E-state index is 0.251. The lowest BCUT2D eigenvalue weighted by molar-refractivity contribution is 0.0838. The van der Waals surface area contributed by atoms with Gasteiger partial charge in [0.05, 0.1) is 3.79 Å². The van der Waals surface area contributed by atoms with Gasteiger partial charge in [0.15, 0.2) is 0 Å². The highest BCUT2D eigenvalue weighted by Crippen LogP contribution is 2.34. The first kappa shape index (κ1) is 13.0. The van der Waals surface area contributed by atoms with Crippen LogP contribution in [0.2, 0.25) is 0 Å². The fraction of sp³-hybridized carbons (Fsp3) is 0.636. The summed E-state index contributed by atoms with van der Waals surface area (Å²) in [7, 11) is 0. The predicted octanol–water partition coefficient (Wildman–Crippen LogP) is 3.46. The molecule has 0 aliphatic carbocycles. The van der Waals surface area contributed by atoms with E-state index in [0.717, 1.165) is 26.2 Å². The summed E-state index contributed by atoms with van der Waals surface area (Å²) in [4.78, 5) is 3.96. The molecular formula is C11H16Br2N2S. The molecule has 0 unspecified atom stereocenters. The summed E-state index contributed by atoms with van der Waals surface area (Å²) in [5.41, 5.74) is 0.251. The van der Waals surface area contributed by atoms with Gasteiger partial charge in [0.1, 0.15) is 0 Å². The molecule has 1 saturated heterocycles. The smallest absolute Gasteiger partial charge is 0.0843 e. The molecule has 0 spiro atoms. The van der Waals surface area contributed by atoms with Crippen LogP contribution >= 0.6 is 43.2 Å². The average molecular weight is 368 g/mol. The van der Waals surface area contributed by atoms with Crippen molar-refractivity contribution >= 4 is 43.2 Å². The maximum atomic E-state index is 3.55. The van der Waals surface area contributed by atoms with E-state index in [4.69, 9.17) is 0 Å². The van der Waals surface area contributed by atoms with Gasteiger partial charge in [0.25, 0.3) is 0 Å². The number of nitrogens with zero attached hydrogens (tertiary/aromatic N) is 1. The molecule has 0 radical (unpaired) electrons. The van der Waals surface area contributed by atoms with Gasteiger partial charge < -0.3 is 5.32 Å². The number of hydrogen-bond donors (Lipinski definition) is 1. The molecule has 5 heteroatoms. The van der Waals surface area contributed by atoms with Crippen molar-refractivity contribution < 1.29 is 0 Å². The zero-order valence-electron chi connectivity index (χ0n) is 9.52. The van der Waals surface area contributed by atoms with Crippen LogP contribution in [0.15, 0.2) is 14.3 Å². The van der Waals surface area contributed by atoms with Crippen LogP contribution in [0.1, 0.15) is 18.7 Å². The Morgan fingerprint density at radius 2 is 2.25 bits per heavy atom. The Balaban J connectivity index is 2.08. The third kappa shape index (κ3) is 2.88. The second kappa shape index (κ2) is 5.06. The van der Waals surface area contributed by atoms with Crippen LogP contribution in [0.25, 0.3) is 0 Å². The van der Waals surface area contributed by atoms with Crippen molar-refractivity contribution in [3.05, 3.63) is 19.2 Å². The lowest BCUT2D eigenvalue weighted by Gasteiger charge is -2.42. The van der Waals surface area contributed by atoms with Crippen LogP contribution in [-0.2, 0) is 6.54 Å². The second-order valence-electron chi connectivity index (χ2n) is 4.75. The van der Waals surface area contributed by atoms with Gasteiger partial charge >= 0.3 is 0 Å². The molecule has 0 atom stereocenters. The van der Waals surface area contributed by atoms with Crippen molar-refractivity contribution in [1.29, 1.82) is 0 Å². The van der Waals surface area contributed by atoms with Gasteiger partial charge in [-0.25, -0.2) is 0 Å². The topological polar surface area (TPSA) is 15.3 Å². The van der Waals surface area contributed by atoms with Crippen LogP contribution in [0, 0.1) is 0 Å². The lowest BCUT2D eigenvalue weighted by atomic mass is 10.0. The summed E-state index contributed by atoms with van der Waals surface area (Å²) < 4.78 is 2.36. The monoisotopic (exact) mass is 366 g/mol. The van der Waals surface area contributed by atoms with E-state index in [1.807, 2.05) is 11.3 Å². The Bertz CT molecular complexity index is 357. The molecule has 90 valence electrons. The SMILES string of the molecule is CC1(C)CNCCN1Cc1cc(Br)c(Br)s1. The number of halogens is 2. The Kier molecular flexibility index (Phi) is 4.12. The fourth-order valence-corrected chi connectivity index (χ4v) is 4.17. The minimum Gasteiger partial charge on any atom is -0.314 e. The molecule has 0 aromatic carbocycles. The first-order valence-corrected chi connectivity index (χ1v) is 7.79. The molecule has 2 nitrogen and oxygen atoms in total. The molecule has 1 aliphatic heterocycles. The third-order valence-electron chi connectivity index (χ3n) is 3.02. The minimum absolute atomic E-state index is 0.251. The number of rotatable bonds is 2. The molecule has 2 rings (SSSR count). The standard InChI is InChI=1S/C11H16Br2N2S/c1-11(2)7-14-3-4-15(11)6-8-5-9(12)10(13)16-8/h5,14H,3-4,6-7H2,1-2H3. The van der Waals surface area contributed by atoms with Gasteiger partial charge in [-0.3, -0.25) is 4.90 Å². The number of nitrogens with one attached hydrogen (secondary N) is 1. The Morgan fingerprint density at radius 3 is 2.81 bits per heavy atom. The van der Waals surface area contributed by atoms with Crippen LogP contribution in [0.3, 0.4) is 0 Å². The number of hydrogen-bond acceptors (Lipinski definition) is 3. The molecule has 0 saturated carbocycles. The average Bonchev–Trinajstić information content (AvgIpc) is 2.50. The highest BCUT2D eigenvalue weighted by atomic mass is 79.9. The van der Waals surface area contributed by atoms with E-state index in [9.17, 15) is 0 Å². The molecule has 16 heavy (non-hydrogen) atoms. The summed E-state index contributed by atoms with van der Waals surface area (Å²) >= 11 is 8.91. The Hall–Kier alpha value is 0.580. The van der Waals surface area contributed by atoms with Crippen molar-refractivity contribution in [2.24, 2.45) is 0 Å². The predicted molar refractivity (Wildman–Crippen MR) is 77.1 cm³/mol. The summed E-state index contributed by atoms with van der Waals surface area (Å²) in [5, 5.41) is 3.45. The van der Waals surface area contributed by atoms with Gasteiger partial charge in [0.2, 0.25) is 0 Å². The largest absolute Gasteiger partial charge is 0.314 e. The van der Waals surface area contributed by atoms with Crippen LogP contribution < -0.4 is 5.32 Å². The zero-order chi connectivity index (χ0) is 11.8. The van der Waals surface area contributed by atoms with Crippen LogP contribution in [0.4, 0.5) is 0 Å². The summed E-state index contributed by atoms with van der Waals surface area (Å²) in [6, 6.07) is 2.22. The zero-order valence-corrected chi connectivity index (χ0v) is 13.5. The second-order valence-corrected chi connectivity index (χ2v) is 8.05. The first-order chi connectivity index (χ1) is 7.49. The van der Waals surface area contributed by atoms with Crippen LogP contribution in [-0.4, -0.2) is 30.1 Å². The van der Waals surface area contributed by atoms with Gasteiger partial charge in [-0.05, 0) is 51.8 Å². The van der Waals surface area contributed by atoms with Gasteiger partial charge in [-0.1, -0.05) is 0 Å². The maximum absolute atomic E-state index is 3.55. The molecule has 2 heterocycles. The summed E-state index contributed by atoms with van der Waals surface area (Å²) in [6.07, 6.45) is 0. The third-order valence-corrected chi connectivity index (χ3v) is 6.26. The molecule has 1 fully saturated rings. The number of piperazine rings is 1. The molecule has 0 amide bonds. The van der Waals surface area contributed by atoms with E-state index in [1.165, 1.54) is 13.1 Å². The molecule has 1 aliphatic rings. The van der Waals surface area contributed by atoms with Crippen molar-refractivity contribution in [2.75, 3.05) is 19.6 Å². The van der Waals surface area contributed by atoms with Crippen LogP contribution in [0.5, 0.6) is 0 Å². The molecule has 1 aromatic rings. The highest BCUT2D eigenvalue weighted by Gasteiger charge is 2.29. The maximum Gasteiger partial charge on any atom is 0.0843 e. The van der Waals surface area contributed by atoms with Crippen molar-refractivity contribution in [3.8, 4) is 0 Å². The number of thiophene rings is 1. The lowest BCUT2D eigenvalue weighted by Crippen LogP contribution is -2.57. The molecule has 1 N–H and O–H groups in total. The van der Waals surface area contributed by atoms with E-state index in [2.05, 4.69) is 62.0 Å². The Labute approximate surface area is 118 Å². The molecular weight excluding hydrogens is 352 g/mol. The quantitative estimate of drug-likeness (QED) is 0.861. The van der Waals surface area contributed by atoms with Gasteiger partial charge in [-0.2, -0.15) is 0 Å².